The van der Waals surface area contributed by atoms with Gasteiger partial charge in [0.15, 0.2) is 17.1 Å². The molecule has 0 aliphatic heterocycles. The average molecular weight is 519 g/mol. The number of nitrogens with zero attached hydrogens (tertiary/aromatic N) is 3. The van der Waals surface area contributed by atoms with Crippen molar-refractivity contribution in [2.75, 3.05) is 18.2 Å². The predicted molar refractivity (Wildman–Crippen MR) is 131 cm³/mol. The minimum Gasteiger partial charge on any atom is -0.497 e. The van der Waals surface area contributed by atoms with Crippen molar-refractivity contribution >= 4 is 39.3 Å². The SMILES string of the molecule is COc1ccc(OC(C)c2nnc(SCC(=O)Nc3ccc(Br)cc3C(C)C)n2C)cc1. The summed E-state index contributed by atoms with van der Waals surface area (Å²) >= 11 is 4.83. The quantitative estimate of drug-likeness (QED) is 0.372. The van der Waals surface area contributed by atoms with Gasteiger partial charge in [0.05, 0.1) is 12.9 Å². The fourth-order valence-electron chi connectivity index (χ4n) is 3.16. The molecule has 0 bridgehead atoms. The highest BCUT2D eigenvalue weighted by atomic mass is 79.9. The standard InChI is InChI=1S/C23H27BrN4O3S/c1-14(2)19-12-16(24)6-11-20(19)25-21(29)13-32-23-27-26-22(28(23)4)15(3)31-18-9-7-17(30-5)8-10-18/h6-12,14-15H,13H2,1-5H3,(H,25,29). The zero-order valence-corrected chi connectivity index (χ0v) is 21.2. The molecule has 3 rings (SSSR count). The molecular formula is C23H27BrN4O3S. The number of halogens is 1. The largest absolute Gasteiger partial charge is 0.497 e. The Morgan fingerprint density at radius 1 is 1.12 bits per heavy atom. The van der Waals surface area contributed by atoms with Gasteiger partial charge in [0.25, 0.3) is 0 Å². The molecule has 1 heterocycles. The van der Waals surface area contributed by atoms with Gasteiger partial charge in [0, 0.05) is 17.2 Å². The minimum atomic E-state index is -0.305. The summed E-state index contributed by atoms with van der Waals surface area (Å²) < 4.78 is 14.0. The first-order valence-electron chi connectivity index (χ1n) is 10.2. The molecule has 1 unspecified atom stereocenters. The third-order valence-electron chi connectivity index (χ3n) is 4.85. The molecule has 7 nitrogen and oxygen atoms in total. The first-order valence-corrected chi connectivity index (χ1v) is 12.0. The predicted octanol–water partition coefficient (Wildman–Crippen LogP) is 5.58. The molecule has 32 heavy (non-hydrogen) atoms. The fourth-order valence-corrected chi connectivity index (χ4v) is 4.26. The average Bonchev–Trinajstić information content (AvgIpc) is 3.14. The highest BCUT2D eigenvalue weighted by molar-refractivity contribution is 9.10. The lowest BCUT2D eigenvalue weighted by molar-refractivity contribution is -0.113. The van der Waals surface area contributed by atoms with Crippen LogP contribution in [0.1, 0.15) is 44.2 Å². The van der Waals surface area contributed by atoms with Gasteiger partial charge >= 0.3 is 0 Å². The highest BCUT2D eigenvalue weighted by Crippen LogP contribution is 2.29. The normalized spacial score (nSPS) is 12.0. The van der Waals surface area contributed by atoms with E-state index in [0.717, 1.165) is 21.5 Å². The summed E-state index contributed by atoms with van der Waals surface area (Å²) in [4.78, 5) is 12.6. The van der Waals surface area contributed by atoms with E-state index in [1.54, 1.807) is 7.11 Å². The summed E-state index contributed by atoms with van der Waals surface area (Å²) in [6.45, 7) is 6.11. The van der Waals surface area contributed by atoms with Gasteiger partial charge in [-0.1, -0.05) is 41.5 Å². The van der Waals surface area contributed by atoms with Crippen LogP contribution < -0.4 is 14.8 Å². The Labute approximate surface area is 201 Å². The maximum Gasteiger partial charge on any atom is 0.234 e. The summed E-state index contributed by atoms with van der Waals surface area (Å²) in [6.07, 6.45) is -0.305. The summed E-state index contributed by atoms with van der Waals surface area (Å²) in [6, 6.07) is 13.3. The molecule has 0 fully saturated rings. The first-order chi connectivity index (χ1) is 15.3. The molecule has 1 N–H and O–H groups in total. The molecule has 0 saturated heterocycles. The second kappa shape index (κ2) is 10.9. The van der Waals surface area contributed by atoms with Crippen molar-refractivity contribution in [3.05, 3.63) is 58.3 Å². The van der Waals surface area contributed by atoms with E-state index in [9.17, 15) is 4.79 Å². The van der Waals surface area contributed by atoms with E-state index in [4.69, 9.17) is 9.47 Å². The number of aromatic nitrogens is 3. The number of carbonyl (C=O) groups excluding carboxylic acids is 1. The number of thioether (sulfide) groups is 1. The van der Waals surface area contributed by atoms with Gasteiger partial charge in [-0.3, -0.25) is 4.79 Å². The Balaban J connectivity index is 1.60. The lowest BCUT2D eigenvalue weighted by atomic mass is 10.0. The van der Waals surface area contributed by atoms with Crippen LogP contribution in [-0.4, -0.2) is 33.5 Å². The summed E-state index contributed by atoms with van der Waals surface area (Å²) in [5, 5.41) is 12.2. The molecule has 0 aliphatic carbocycles. The number of nitrogens with one attached hydrogen (secondary N) is 1. The number of hydrogen-bond donors (Lipinski definition) is 1. The number of benzene rings is 2. The molecule has 0 saturated carbocycles. The Morgan fingerprint density at radius 2 is 1.81 bits per heavy atom. The molecule has 9 heteroatoms. The Kier molecular flexibility index (Phi) is 8.20. The third kappa shape index (κ3) is 6.04. The summed E-state index contributed by atoms with van der Waals surface area (Å²) in [5.41, 5.74) is 1.91. The van der Waals surface area contributed by atoms with Gasteiger partial charge in [0.1, 0.15) is 11.5 Å². The van der Waals surface area contributed by atoms with Gasteiger partial charge < -0.3 is 19.4 Å². The van der Waals surface area contributed by atoms with E-state index in [0.29, 0.717) is 22.6 Å². The maximum atomic E-state index is 12.6. The maximum absolute atomic E-state index is 12.6. The van der Waals surface area contributed by atoms with Crippen LogP contribution in [0.15, 0.2) is 52.1 Å². The Bertz CT molecular complexity index is 1070. The topological polar surface area (TPSA) is 78.3 Å². The van der Waals surface area contributed by atoms with Crippen LogP contribution >= 0.6 is 27.7 Å². The molecule has 1 aromatic heterocycles. The number of amides is 1. The Morgan fingerprint density at radius 3 is 2.47 bits per heavy atom. The van der Waals surface area contributed by atoms with Crippen LogP contribution in [0.4, 0.5) is 5.69 Å². The number of anilines is 1. The van der Waals surface area contributed by atoms with Gasteiger partial charge in [0.2, 0.25) is 5.91 Å². The molecule has 2 aromatic carbocycles. The van der Waals surface area contributed by atoms with Gasteiger partial charge in [-0.2, -0.15) is 0 Å². The van der Waals surface area contributed by atoms with Crippen LogP contribution in [0.5, 0.6) is 11.5 Å². The van der Waals surface area contributed by atoms with Crippen molar-refractivity contribution in [2.45, 2.75) is 37.9 Å². The number of carbonyl (C=O) groups is 1. The molecule has 3 aromatic rings. The van der Waals surface area contributed by atoms with Crippen molar-refractivity contribution in [3.8, 4) is 11.5 Å². The highest BCUT2D eigenvalue weighted by Gasteiger charge is 2.18. The number of ether oxygens (including phenoxy) is 2. The smallest absolute Gasteiger partial charge is 0.234 e. The second-order valence-corrected chi connectivity index (χ2v) is 9.42. The van der Waals surface area contributed by atoms with Crippen LogP contribution in [0.2, 0.25) is 0 Å². The molecular weight excluding hydrogens is 492 g/mol. The van der Waals surface area contributed by atoms with Crippen LogP contribution in [0.3, 0.4) is 0 Å². The molecule has 0 radical (unpaired) electrons. The van der Waals surface area contributed by atoms with Crippen LogP contribution in [0, 0.1) is 0 Å². The van der Waals surface area contributed by atoms with Gasteiger partial charge in [-0.25, -0.2) is 0 Å². The van der Waals surface area contributed by atoms with E-state index >= 15 is 0 Å². The first kappa shape index (κ1) is 24.1. The van der Waals surface area contributed by atoms with E-state index in [-0.39, 0.29) is 17.8 Å². The van der Waals surface area contributed by atoms with Crippen molar-refractivity contribution in [1.82, 2.24) is 14.8 Å². The second-order valence-electron chi connectivity index (χ2n) is 7.56. The van der Waals surface area contributed by atoms with Crippen LogP contribution in [0.25, 0.3) is 0 Å². The van der Waals surface area contributed by atoms with Crippen molar-refractivity contribution < 1.29 is 14.3 Å². The third-order valence-corrected chi connectivity index (χ3v) is 6.36. The number of hydrogen-bond acceptors (Lipinski definition) is 6. The van der Waals surface area contributed by atoms with Gasteiger partial charge in [-0.15, -0.1) is 10.2 Å². The van der Waals surface area contributed by atoms with E-state index in [2.05, 4.69) is 45.3 Å². The molecule has 1 amide bonds. The van der Waals surface area contributed by atoms with E-state index < -0.39 is 0 Å². The fraction of sp³-hybridized carbons (Fsp3) is 0.348. The van der Waals surface area contributed by atoms with Gasteiger partial charge in [-0.05, 0) is 60.9 Å². The van der Waals surface area contributed by atoms with Crippen molar-refractivity contribution in [1.29, 1.82) is 0 Å². The Hall–Kier alpha value is -2.52. The zero-order valence-electron chi connectivity index (χ0n) is 18.8. The zero-order chi connectivity index (χ0) is 23.3. The molecule has 0 spiro atoms. The van der Waals surface area contributed by atoms with E-state index in [1.807, 2.05) is 61.0 Å². The monoisotopic (exact) mass is 518 g/mol. The number of rotatable bonds is 9. The molecule has 170 valence electrons. The molecule has 0 aliphatic rings. The number of methoxy groups -OCH3 is 1. The van der Waals surface area contributed by atoms with Crippen molar-refractivity contribution in [3.63, 3.8) is 0 Å². The summed E-state index contributed by atoms with van der Waals surface area (Å²) in [7, 11) is 3.49. The minimum absolute atomic E-state index is 0.0914. The lowest BCUT2D eigenvalue weighted by Crippen LogP contribution is -2.16. The van der Waals surface area contributed by atoms with Crippen molar-refractivity contribution in [2.24, 2.45) is 7.05 Å². The molecule has 1 atom stereocenters. The van der Waals surface area contributed by atoms with E-state index in [1.165, 1.54) is 11.8 Å². The summed E-state index contributed by atoms with van der Waals surface area (Å²) in [5.74, 6) is 2.59. The lowest BCUT2D eigenvalue weighted by Gasteiger charge is -2.15. The van der Waals surface area contributed by atoms with Crippen LogP contribution in [-0.2, 0) is 11.8 Å².